The van der Waals surface area contributed by atoms with E-state index in [2.05, 4.69) is 93.4 Å². The van der Waals surface area contributed by atoms with Crippen LogP contribution in [0.4, 0.5) is 0 Å². The molecule has 0 radical (unpaired) electrons. The zero-order valence-electron chi connectivity index (χ0n) is 22.3. The van der Waals surface area contributed by atoms with Crippen LogP contribution < -0.4 is 16.8 Å². The minimum Gasteiger partial charge on any atom is -0.416 e. The van der Waals surface area contributed by atoms with Crippen molar-refractivity contribution >= 4 is 40.5 Å². The first-order valence-corrected chi connectivity index (χ1v) is 17.8. The van der Waals surface area contributed by atoms with Gasteiger partial charge in [-0.05, 0) is 37.1 Å². The molecule has 2 unspecified atom stereocenters. The Balaban J connectivity index is 2.97. The Kier molecular flexibility index (Phi) is 10.7. The molecule has 0 amide bonds. The first kappa shape index (κ1) is 30.6. The second kappa shape index (κ2) is 11.5. The summed E-state index contributed by atoms with van der Waals surface area (Å²) in [5.74, 6) is 0.947. The molecule has 0 bridgehead atoms. The maximum atomic E-state index is 10.1. The number of aliphatic hydroxyl groups is 1. The number of nitrogens with two attached hydrogens (primary N) is 2. The maximum absolute atomic E-state index is 10.1. The molecule has 0 spiro atoms. The van der Waals surface area contributed by atoms with Crippen LogP contribution in [0.1, 0.15) is 48.0 Å². The van der Waals surface area contributed by atoms with Gasteiger partial charge in [0.15, 0.2) is 20.5 Å². The largest absolute Gasteiger partial charge is 0.416 e. The summed E-state index contributed by atoms with van der Waals surface area (Å²) in [5, 5.41) is 13.2. The van der Waals surface area contributed by atoms with E-state index in [1.54, 1.807) is 0 Å². The first-order valence-electron chi connectivity index (χ1n) is 11.4. The van der Waals surface area contributed by atoms with Crippen molar-refractivity contribution in [2.45, 2.75) is 77.1 Å². The van der Waals surface area contributed by atoms with Crippen LogP contribution in [0.2, 0.25) is 18.1 Å². The van der Waals surface area contributed by atoms with E-state index in [1.165, 1.54) is 0 Å². The van der Waals surface area contributed by atoms with E-state index in [0.29, 0.717) is 31.0 Å². The predicted octanol–water partition coefficient (Wildman–Crippen LogP) is 3.83. The van der Waals surface area contributed by atoms with E-state index in [9.17, 15) is 5.11 Å². The molecule has 0 aromatic rings. The van der Waals surface area contributed by atoms with Crippen molar-refractivity contribution in [2.24, 2.45) is 22.4 Å². The molecule has 1 aliphatic heterocycles. The van der Waals surface area contributed by atoms with Gasteiger partial charge < -0.3 is 35.4 Å². The van der Waals surface area contributed by atoms with Crippen LogP contribution >= 0.6 is 26.2 Å². The van der Waals surface area contributed by atoms with Gasteiger partial charge in [-0.25, -0.2) is 4.99 Å². The van der Waals surface area contributed by atoms with Crippen LogP contribution in [0.5, 0.6) is 0 Å². The molecule has 0 saturated heterocycles. The lowest BCUT2D eigenvalue weighted by atomic mass is 10.1. The van der Waals surface area contributed by atoms with Crippen molar-refractivity contribution in [3.05, 3.63) is 11.5 Å². The highest BCUT2D eigenvalue weighted by Gasteiger charge is 2.38. The summed E-state index contributed by atoms with van der Waals surface area (Å²) in [6, 6.07) is 0. The van der Waals surface area contributed by atoms with Gasteiger partial charge in [-0.3, -0.25) is 0 Å². The van der Waals surface area contributed by atoms with Crippen molar-refractivity contribution in [2.75, 3.05) is 37.7 Å². The smallest absolute Gasteiger partial charge is 0.197 e. The van der Waals surface area contributed by atoms with Gasteiger partial charge in [0.1, 0.15) is 11.5 Å². The van der Waals surface area contributed by atoms with Gasteiger partial charge in [-0.2, -0.15) is 0 Å². The zero-order chi connectivity index (χ0) is 25.8. The van der Waals surface area contributed by atoms with Crippen molar-refractivity contribution in [3.8, 4) is 0 Å². The molecule has 2 atom stereocenters. The standard InChI is InChI=1S/C22H48BrN5O3SSi/c1-21(2,3)32(7,8)30-13-16(14-31-33(9,10)22(4,5)6)11-12-28(15-23)18-17(24)19(29)27-20(25)26-18/h16,19,29H,11-15,24H2,1-10H3,(H3,25,26,27). The van der Waals surface area contributed by atoms with Crippen molar-refractivity contribution in [1.29, 1.82) is 0 Å². The quantitative estimate of drug-likeness (QED) is 0.169. The van der Waals surface area contributed by atoms with E-state index in [1.807, 2.05) is 4.90 Å². The molecule has 196 valence electrons. The molecule has 1 heterocycles. The van der Waals surface area contributed by atoms with Gasteiger partial charge in [0.2, 0.25) is 0 Å². The van der Waals surface area contributed by atoms with Crippen LogP contribution in [0.15, 0.2) is 16.5 Å². The lowest BCUT2D eigenvalue weighted by Gasteiger charge is -2.45. The van der Waals surface area contributed by atoms with Crippen LogP contribution in [0.25, 0.3) is 0 Å². The number of nitrogens with zero attached hydrogens (tertiary/aromatic N) is 2. The number of aliphatic hydroxyl groups excluding tert-OH is 1. The molecule has 0 aromatic heterocycles. The van der Waals surface area contributed by atoms with E-state index in [-0.39, 0.29) is 27.4 Å². The van der Waals surface area contributed by atoms with Gasteiger partial charge in [-0.1, -0.05) is 57.5 Å². The Morgan fingerprint density at radius 1 is 1.18 bits per heavy atom. The molecule has 6 N–H and O–H groups in total. The predicted molar refractivity (Wildman–Crippen MR) is 149 cm³/mol. The molecular formula is C22H48BrN5O3SSi. The molecule has 0 saturated carbocycles. The summed E-state index contributed by atoms with van der Waals surface area (Å²) < 4.78 is 13.2. The monoisotopic (exact) mass is 569 g/mol. The number of aliphatic imine (C=N–C) groups is 1. The fourth-order valence-corrected chi connectivity index (χ4v) is 5.05. The Morgan fingerprint density at radius 3 is 2.24 bits per heavy atom. The fraction of sp³-hybridized carbons (Fsp3) is 0.864. The van der Waals surface area contributed by atoms with E-state index >= 15 is 0 Å². The van der Waals surface area contributed by atoms with Gasteiger partial charge in [-0.15, -0.1) is 10.3 Å². The normalized spacial score (nSPS) is 19.8. The number of alkyl halides is 1. The Hall–Kier alpha value is -0.463. The third kappa shape index (κ3) is 8.61. The van der Waals surface area contributed by atoms with Gasteiger partial charge in [0.05, 0.1) is 12.1 Å². The van der Waals surface area contributed by atoms with Crippen molar-refractivity contribution in [1.82, 2.24) is 10.2 Å². The molecule has 0 fully saturated rings. The summed E-state index contributed by atoms with van der Waals surface area (Å²) in [5.41, 5.74) is 12.7. The van der Waals surface area contributed by atoms with Gasteiger partial charge in [0, 0.05) is 23.8 Å². The lowest BCUT2D eigenvalue weighted by Crippen LogP contribution is -2.47. The van der Waals surface area contributed by atoms with E-state index in [4.69, 9.17) is 20.1 Å². The second-order valence-electron chi connectivity index (χ2n) is 11.6. The van der Waals surface area contributed by atoms with Crippen molar-refractivity contribution in [3.63, 3.8) is 0 Å². The Morgan fingerprint density at radius 2 is 1.76 bits per heavy atom. The highest BCUT2D eigenvalue weighted by Crippen LogP contribution is 2.54. The van der Waals surface area contributed by atoms with Gasteiger partial charge >= 0.3 is 0 Å². The highest BCUT2D eigenvalue weighted by atomic mass is 79.9. The molecule has 1 rings (SSSR count). The summed E-state index contributed by atoms with van der Waals surface area (Å²) >= 11 is 3.54. The minimum absolute atomic E-state index is 0.0952. The van der Waals surface area contributed by atoms with Crippen LogP contribution in [-0.4, -0.2) is 73.0 Å². The molecule has 33 heavy (non-hydrogen) atoms. The number of halogens is 1. The number of hydrogen-bond donors (Lipinski definition) is 4. The topological polar surface area (TPSA) is 118 Å². The van der Waals surface area contributed by atoms with E-state index in [0.717, 1.165) is 6.42 Å². The summed E-state index contributed by atoms with van der Waals surface area (Å²) in [7, 11) is -3.12. The number of hydrogen-bond acceptors (Lipinski definition) is 8. The van der Waals surface area contributed by atoms with Crippen LogP contribution in [0, 0.1) is 5.92 Å². The second-order valence-corrected chi connectivity index (χ2v) is 20.8. The summed E-state index contributed by atoms with van der Waals surface area (Å²) in [6.45, 7) is 20.0. The average molecular weight is 571 g/mol. The molecule has 0 aliphatic carbocycles. The van der Waals surface area contributed by atoms with E-state index < -0.39 is 24.9 Å². The molecular weight excluding hydrogens is 522 g/mol. The molecule has 8 nitrogen and oxygen atoms in total. The number of rotatable bonds is 11. The maximum Gasteiger partial charge on any atom is 0.197 e. The third-order valence-corrected chi connectivity index (χ3v) is 15.7. The number of nitrogens with one attached hydrogen (secondary N) is 1. The van der Waals surface area contributed by atoms with Gasteiger partial charge in [0.25, 0.3) is 0 Å². The Labute approximate surface area is 212 Å². The van der Waals surface area contributed by atoms with Crippen molar-refractivity contribution < 1.29 is 13.7 Å². The average Bonchev–Trinajstić information content (AvgIpc) is 2.65. The number of guanidine groups is 1. The molecule has 11 heteroatoms. The van der Waals surface area contributed by atoms with Crippen LogP contribution in [-0.2, 0) is 8.61 Å². The summed E-state index contributed by atoms with van der Waals surface area (Å²) in [4.78, 5) is 5.88. The Bertz CT molecular complexity index is 690. The minimum atomic E-state index is -1.88. The molecule has 0 aromatic carbocycles. The van der Waals surface area contributed by atoms with Crippen LogP contribution in [0.3, 0.4) is 0 Å². The highest BCUT2D eigenvalue weighted by molar-refractivity contribution is 9.09. The lowest BCUT2D eigenvalue weighted by molar-refractivity contribution is 0.157. The molecule has 1 aliphatic rings. The first-order chi connectivity index (χ1) is 14.8. The SMILES string of the molecule is CC(C)(C)[Si](C)(C)OCC(CCN(CBr)C1=C(N)C(O)N=C(N)N1)COS(C)(C)C(C)(C)C. The summed E-state index contributed by atoms with van der Waals surface area (Å²) in [6.07, 6.45) is 4.15. The third-order valence-electron chi connectivity index (χ3n) is 6.89. The zero-order valence-corrected chi connectivity index (χ0v) is 25.7. The fourth-order valence-electron chi connectivity index (χ4n) is 2.58.